The summed E-state index contributed by atoms with van der Waals surface area (Å²) >= 11 is 0. The van der Waals surface area contributed by atoms with Crippen molar-refractivity contribution < 1.29 is 4.79 Å². The molecule has 84 valence electrons. The van der Waals surface area contributed by atoms with Gasteiger partial charge in [-0.15, -0.1) is 0 Å². The molecule has 0 bridgehead atoms. The van der Waals surface area contributed by atoms with E-state index in [0.29, 0.717) is 5.56 Å². The molecule has 0 saturated carbocycles. The van der Waals surface area contributed by atoms with Gasteiger partial charge in [0.2, 0.25) is 0 Å². The summed E-state index contributed by atoms with van der Waals surface area (Å²) in [6.07, 6.45) is 5.91. The molecule has 2 nitrogen and oxygen atoms in total. The van der Waals surface area contributed by atoms with Gasteiger partial charge >= 0.3 is 0 Å². The predicted molar refractivity (Wildman–Crippen MR) is 69.9 cm³/mol. The number of aromatic nitrogens is 1. The number of carbonyl (C=O) groups is 1. The van der Waals surface area contributed by atoms with Gasteiger partial charge in [0.1, 0.15) is 0 Å². The molecule has 0 amide bonds. The predicted octanol–water partition coefficient (Wildman–Crippen LogP) is 3.51. The third kappa shape index (κ3) is 2.16. The molecule has 0 N–H and O–H groups in total. The summed E-state index contributed by atoms with van der Waals surface area (Å²) in [5.41, 5.74) is 4.74. The number of nitrogens with zero attached hydrogens (tertiary/aromatic N) is 1. The van der Waals surface area contributed by atoms with E-state index in [1.165, 1.54) is 0 Å². The van der Waals surface area contributed by atoms with Crippen molar-refractivity contribution in [2.45, 2.75) is 6.92 Å². The number of aldehydes is 1. The standard InChI is InChI=1S/C15H13NO/c1-3-12-5-4-11(2)15(8-12)14-6-7-16-9-13(14)10-17/h3-10H,1H2,2H3. The Morgan fingerprint density at radius 2 is 2.06 bits per heavy atom. The van der Waals surface area contributed by atoms with Crippen LogP contribution in [0, 0.1) is 6.92 Å². The van der Waals surface area contributed by atoms with Crippen molar-refractivity contribution >= 4 is 12.4 Å². The molecule has 0 aliphatic heterocycles. The molecule has 0 spiro atoms. The third-order valence-electron chi connectivity index (χ3n) is 2.77. The topological polar surface area (TPSA) is 30.0 Å². The summed E-state index contributed by atoms with van der Waals surface area (Å²) in [5, 5.41) is 0. The van der Waals surface area contributed by atoms with E-state index in [-0.39, 0.29) is 0 Å². The van der Waals surface area contributed by atoms with Gasteiger partial charge in [-0.3, -0.25) is 9.78 Å². The zero-order valence-corrected chi connectivity index (χ0v) is 9.68. The molecule has 0 fully saturated rings. The molecule has 0 atom stereocenters. The number of pyridine rings is 1. The number of benzene rings is 1. The summed E-state index contributed by atoms with van der Waals surface area (Å²) in [4.78, 5) is 15.0. The Hall–Kier alpha value is -2.22. The monoisotopic (exact) mass is 223 g/mol. The minimum absolute atomic E-state index is 0.608. The molecule has 2 heteroatoms. The van der Waals surface area contributed by atoms with Crippen molar-refractivity contribution in [2.75, 3.05) is 0 Å². The third-order valence-corrected chi connectivity index (χ3v) is 2.77. The molecule has 1 aromatic heterocycles. The van der Waals surface area contributed by atoms with Crippen LogP contribution in [0.25, 0.3) is 17.2 Å². The number of carbonyl (C=O) groups excluding carboxylic acids is 1. The Morgan fingerprint density at radius 1 is 1.24 bits per heavy atom. The normalized spacial score (nSPS) is 9.94. The summed E-state index contributed by atoms with van der Waals surface area (Å²) in [5.74, 6) is 0. The van der Waals surface area contributed by atoms with Crippen LogP contribution in [0.1, 0.15) is 21.5 Å². The Labute approximate surface area is 101 Å². The summed E-state index contributed by atoms with van der Waals surface area (Å²) in [7, 11) is 0. The fourth-order valence-electron chi connectivity index (χ4n) is 1.80. The van der Waals surface area contributed by atoms with Gasteiger partial charge in [-0.25, -0.2) is 0 Å². The molecule has 0 aliphatic carbocycles. The van der Waals surface area contributed by atoms with E-state index >= 15 is 0 Å². The van der Waals surface area contributed by atoms with Gasteiger partial charge in [0.25, 0.3) is 0 Å². The SMILES string of the molecule is C=Cc1ccc(C)c(-c2ccncc2C=O)c1. The van der Waals surface area contributed by atoms with Crippen molar-refractivity contribution in [3.8, 4) is 11.1 Å². The summed E-state index contributed by atoms with van der Waals surface area (Å²) < 4.78 is 0. The Bertz CT molecular complexity index is 573. The lowest BCUT2D eigenvalue weighted by molar-refractivity contribution is 0.112. The molecule has 1 aromatic carbocycles. The fraction of sp³-hybridized carbons (Fsp3) is 0.0667. The van der Waals surface area contributed by atoms with Crippen LogP contribution in [-0.4, -0.2) is 11.3 Å². The molecular weight excluding hydrogens is 210 g/mol. The zero-order valence-electron chi connectivity index (χ0n) is 9.68. The lowest BCUT2D eigenvalue weighted by Crippen LogP contribution is -1.91. The molecular formula is C15H13NO. The second-order valence-electron chi connectivity index (χ2n) is 3.86. The Morgan fingerprint density at radius 3 is 2.76 bits per heavy atom. The van der Waals surface area contributed by atoms with Gasteiger partial charge < -0.3 is 0 Å². The van der Waals surface area contributed by atoms with E-state index < -0.39 is 0 Å². The van der Waals surface area contributed by atoms with Crippen molar-refractivity contribution in [2.24, 2.45) is 0 Å². The van der Waals surface area contributed by atoms with Crippen LogP contribution >= 0.6 is 0 Å². The van der Waals surface area contributed by atoms with Crippen molar-refractivity contribution in [3.05, 3.63) is 59.9 Å². The van der Waals surface area contributed by atoms with Crippen molar-refractivity contribution in [1.29, 1.82) is 0 Å². The first-order valence-corrected chi connectivity index (χ1v) is 5.39. The first kappa shape index (κ1) is 11.3. The van der Waals surface area contributed by atoms with E-state index in [1.807, 2.05) is 31.2 Å². The maximum atomic E-state index is 11.0. The van der Waals surface area contributed by atoms with E-state index in [0.717, 1.165) is 28.5 Å². The largest absolute Gasteiger partial charge is 0.298 e. The van der Waals surface area contributed by atoms with Gasteiger partial charge in [-0.2, -0.15) is 0 Å². The lowest BCUT2D eigenvalue weighted by Gasteiger charge is -2.09. The molecule has 2 aromatic rings. The van der Waals surface area contributed by atoms with Crippen LogP contribution in [0.4, 0.5) is 0 Å². The van der Waals surface area contributed by atoms with Gasteiger partial charge in [0, 0.05) is 18.0 Å². The van der Waals surface area contributed by atoms with Crippen LogP contribution in [-0.2, 0) is 0 Å². The zero-order chi connectivity index (χ0) is 12.3. The van der Waals surface area contributed by atoms with E-state index in [4.69, 9.17) is 0 Å². The van der Waals surface area contributed by atoms with E-state index in [1.54, 1.807) is 18.5 Å². The summed E-state index contributed by atoms with van der Waals surface area (Å²) in [6, 6.07) is 7.93. The smallest absolute Gasteiger partial charge is 0.152 e. The molecule has 2 rings (SSSR count). The van der Waals surface area contributed by atoms with E-state index in [9.17, 15) is 4.79 Å². The fourth-order valence-corrected chi connectivity index (χ4v) is 1.80. The lowest BCUT2D eigenvalue weighted by atomic mass is 9.96. The average molecular weight is 223 g/mol. The number of aryl methyl sites for hydroxylation is 1. The second kappa shape index (κ2) is 4.74. The second-order valence-corrected chi connectivity index (χ2v) is 3.86. The number of hydrogen-bond acceptors (Lipinski definition) is 2. The minimum Gasteiger partial charge on any atom is -0.298 e. The highest BCUT2D eigenvalue weighted by atomic mass is 16.1. The highest BCUT2D eigenvalue weighted by molar-refractivity contribution is 5.88. The van der Waals surface area contributed by atoms with Gasteiger partial charge in [0.15, 0.2) is 6.29 Å². The maximum absolute atomic E-state index is 11.0. The molecule has 0 radical (unpaired) electrons. The molecule has 0 saturated heterocycles. The van der Waals surface area contributed by atoms with Crippen LogP contribution in [0.5, 0.6) is 0 Å². The van der Waals surface area contributed by atoms with Crippen LogP contribution < -0.4 is 0 Å². The molecule has 0 aliphatic rings. The van der Waals surface area contributed by atoms with Crippen molar-refractivity contribution in [3.63, 3.8) is 0 Å². The average Bonchev–Trinajstić information content (AvgIpc) is 2.39. The minimum atomic E-state index is 0.608. The van der Waals surface area contributed by atoms with Crippen LogP contribution in [0.2, 0.25) is 0 Å². The summed E-state index contributed by atoms with van der Waals surface area (Å²) in [6.45, 7) is 5.78. The highest BCUT2D eigenvalue weighted by Gasteiger charge is 2.07. The quantitative estimate of drug-likeness (QED) is 0.745. The van der Waals surface area contributed by atoms with Crippen LogP contribution in [0.15, 0.2) is 43.2 Å². The van der Waals surface area contributed by atoms with Crippen molar-refractivity contribution in [1.82, 2.24) is 4.98 Å². The Balaban J connectivity index is 2.66. The van der Waals surface area contributed by atoms with E-state index in [2.05, 4.69) is 11.6 Å². The Kier molecular flexibility index (Phi) is 3.15. The number of rotatable bonds is 3. The van der Waals surface area contributed by atoms with Gasteiger partial charge in [-0.1, -0.05) is 24.8 Å². The maximum Gasteiger partial charge on any atom is 0.152 e. The highest BCUT2D eigenvalue weighted by Crippen LogP contribution is 2.26. The van der Waals surface area contributed by atoms with Gasteiger partial charge in [0.05, 0.1) is 0 Å². The molecule has 1 heterocycles. The first-order valence-electron chi connectivity index (χ1n) is 5.39. The molecule has 17 heavy (non-hydrogen) atoms. The molecule has 0 unspecified atom stereocenters. The number of hydrogen-bond donors (Lipinski definition) is 0. The first-order chi connectivity index (χ1) is 8.26. The van der Waals surface area contributed by atoms with Crippen LogP contribution in [0.3, 0.4) is 0 Å². The van der Waals surface area contributed by atoms with Gasteiger partial charge in [-0.05, 0) is 41.3 Å².